The van der Waals surface area contributed by atoms with Gasteiger partial charge in [0.05, 0.1) is 25.6 Å². The third-order valence-electron chi connectivity index (χ3n) is 3.63. The first-order valence-corrected chi connectivity index (χ1v) is 7.11. The van der Waals surface area contributed by atoms with Gasteiger partial charge in [0.1, 0.15) is 6.04 Å². The van der Waals surface area contributed by atoms with Crippen LogP contribution in [0.15, 0.2) is 12.1 Å². The number of hydrogen-bond donors (Lipinski definition) is 2. The zero-order valence-corrected chi connectivity index (χ0v) is 12.7. The minimum absolute atomic E-state index is 0.0191. The number of nitrogens with one attached hydrogen (secondary N) is 1. The van der Waals surface area contributed by atoms with Crippen molar-refractivity contribution >= 4 is 17.3 Å². The van der Waals surface area contributed by atoms with Crippen LogP contribution in [0.25, 0.3) is 0 Å². The first-order valence-electron chi connectivity index (χ1n) is 7.11. The lowest BCUT2D eigenvalue weighted by atomic mass is 10.1. The molecule has 0 radical (unpaired) electrons. The average Bonchev–Trinajstić information content (AvgIpc) is 2.52. The molecule has 0 aliphatic carbocycles. The number of carbonyl (C=O) groups excluding carboxylic acids is 1. The van der Waals surface area contributed by atoms with Gasteiger partial charge < -0.3 is 24.8 Å². The Balaban J connectivity index is 2.46. The van der Waals surface area contributed by atoms with E-state index >= 15 is 0 Å². The molecule has 0 aromatic heterocycles. The fraction of sp³-hybridized carbons (Fsp3) is 0.533. The zero-order chi connectivity index (χ0) is 15.4. The lowest BCUT2D eigenvalue weighted by Gasteiger charge is -2.35. The monoisotopic (exact) mass is 294 g/mol. The third kappa shape index (κ3) is 2.90. The number of hydrogen-bond acceptors (Lipinski definition) is 5. The Morgan fingerprint density at radius 3 is 2.52 bits per heavy atom. The fourth-order valence-corrected chi connectivity index (χ4v) is 2.50. The maximum Gasteiger partial charge on any atom is 0.249 e. The lowest BCUT2D eigenvalue weighted by Crippen LogP contribution is -2.47. The Bertz CT molecular complexity index is 519. The van der Waals surface area contributed by atoms with Crippen molar-refractivity contribution in [1.29, 1.82) is 0 Å². The van der Waals surface area contributed by atoms with Crippen molar-refractivity contribution in [2.75, 3.05) is 37.6 Å². The van der Waals surface area contributed by atoms with Gasteiger partial charge in [0, 0.05) is 25.3 Å². The second-order valence-electron chi connectivity index (χ2n) is 4.90. The highest BCUT2D eigenvalue weighted by Crippen LogP contribution is 2.41. The maximum absolute atomic E-state index is 12.5. The number of nitrogens with zero attached hydrogens (tertiary/aromatic N) is 1. The number of aliphatic hydroxyl groups is 1. The van der Waals surface area contributed by atoms with E-state index in [2.05, 4.69) is 5.32 Å². The average molecular weight is 294 g/mol. The largest absolute Gasteiger partial charge is 0.493 e. The summed E-state index contributed by atoms with van der Waals surface area (Å²) >= 11 is 0. The summed E-state index contributed by atoms with van der Waals surface area (Å²) in [5.74, 6) is 1.22. The molecule has 0 fully saturated rings. The van der Waals surface area contributed by atoms with E-state index in [1.807, 2.05) is 13.0 Å². The van der Waals surface area contributed by atoms with Gasteiger partial charge in [0.15, 0.2) is 11.5 Å². The molecule has 0 saturated carbocycles. The maximum atomic E-state index is 12.5. The molecule has 0 bridgehead atoms. The van der Waals surface area contributed by atoms with Crippen LogP contribution in [-0.4, -0.2) is 44.4 Å². The molecule has 0 saturated heterocycles. The molecule has 21 heavy (non-hydrogen) atoms. The molecule has 1 unspecified atom stereocenters. The molecule has 6 heteroatoms. The van der Waals surface area contributed by atoms with Crippen LogP contribution in [0.1, 0.15) is 19.8 Å². The first-order chi connectivity index (χ1) is 10.2. The highest BCUT2D eigenvalue weighted by molar-refractivity contribution is 6.05. The van der Waals surface area contributed by atoms with Crippen molar-refractivity contribution in [3.05, 3.63) is 12.1 Å². The number of fused-ring (bicyclic) bond motifs is 1. The van der Waals surface area contributed by atoms with Crippen LogP contribution in [0, 0.1) is 0 Å². The number of aliphatic hydroxyl groups excluding tert-OH is 1. The molecule has 1 aliphatic heterocycles. The minimum atomic E-state index is -0.255. The van der Waals surface area contributed by atoms with E-state index in [0.717, 1.165) is 11.4 Å². The molecule has 1 aliphatic rings. The van der Waals surface area contributed by atoms with Crippen molar-refractivity contribution in [3.8, 4) is 11.5 Å². The number of ether oxygens (including phenoxy) is 2. The summed E-state index contributed by atoms with van der Waals surface area (Å²) in [6.45, 7) is 2.50. The zero-order valence-electron chi connectivity index (χ0n) is 12.7. The van der Waals surface area contributed by atoms with E-state index in [-0.39, 0.29) is 18.6 Å². The van der Waals surface area contributed by atoms with E-state index in [0.29, 0.717) is 30.9 Å². The summed E-state index contributed by atoms with van der Waals surface area (Å²) in [6.07, 6.45) is 1.23. The van der Waals surface area contributed by atoms with Gasteiger partial charge in [-0.05, 0) is 12.8 Å². The van der Waals surface area contributed by atoms with E-state index in [1.165, 1.54) is 0 Å². The molecule has 2 rings (SSSR count). The van der Waals surface area contributed by atoms with E-state index in [4.69, 9.17) is 14.6 Å². The summed E-state index contributed by atoms with van der Waals surface area (Å²) in [7, 11) is 3.15. The van der Waals surface area contributed by atoms with Crippen LogP contribution >= 0.6 is 0 Å². The normalized spacial score (nSPS) is 17.2. The van der Waals surface area contributed by atoms with Crippen molar-refractivity contribution in [2.24, 2.45) is 0 Å². The summed E-state index contributed by atoms with van der Waals surface area (Å²) in [5, 5.41) is 12.3. The second kappa shape index (κ2) is 6.67. The molecule has 116 valence electrons. The predicted octanol–water partition coefficient (Wildman–Crippen LogP) is 1.62. The number of anilines is 2. The van der Waals surface area contributed by atoms with Crippen molar-refractivity contribution in [3.63, 3.8) is 0 Å². The van der Waals surface area contributed by atoms with Crippen molar-refractivity contribution in [1.82, 2.24) is 0 Å². The van der Waals surface area contributed by atoms with Gasteiger partial charge in [-0.3, -0.25) is 4.79 Å². The van der Waals surface area contributed by atoms with Crippen LogP contribution in [-0.2, 0) is 4.79 Å². The summed E-state index contributed by atoms with van der Waals surface area (Å²) in [5.41, 5.74) is 1.60. The van der Waals surface area contributed by atoms with Gasteiger partial charge in [-0.2, -0.15) is 0 Å². The SMILES string of the molecule is CCC1Nc2cc(OC)c(OC)cc2N(CCCO)C1=O. The molecule has 1 aromatic carbocycles. The molecular formula is C15H22N2O4. The molecular weight excluding hydrogens is 272 g/mol. The van der Waals surface area contributed by atoms with Gasteiger partial charge >= 0.3 is 0 Å². The van der Waals surface area contributed by atoms with Gasteiger partial charge in [-0.1, -0.05) is 6.92 Å². The van der Waals surface area contributed by atoms with Crippen molar-refractivity contribution in [2.45, 2.75) is 25.8 Å². The first kappa shape index (κ1) is 15.4. The van der Waals surface area contributed by atoms with E-state index in [9.17, 15) is 4.79 Å². The molecule has 1 aromatic rings. The fourth-order valence-electron chi connectivity index (χ4n) is 2.50. The van der Waals surface area contributed by atoms with Crippen LogP contribution in [0.4, 0.5) is 11.4 Å². The van der Waals surface area contributed by atoms with Gasteiger partial charge in [-0.15, -0.1) is 0 Å². The van der Waals surface area contributed by atoms with Crippen LogP contribution in [0.5, 0.6) is 11.5 Å². The van der Waals surface area contributed by atoms with Crippen LogP contribution in [0.3, 0.4) is 0 Å². The van der Waals surface area contributed by atoms with Crippen LogP contribution < -0.4 is 19.7 Å². The highest BCUT2D eigenvalue weighted by Gasteiger charge is 2.32. The summed E-state index contributed by atoms with van der Waals surface area (Å²) in [6, 6.07) is 3.38. The third-order valence-corrected chi connectivity index (χ3v) is 3.63. The summed E-state index contributed by atoms with van der Waals surface area (Å²) in [4.78, 5) is 14.2. The second-order valence-corrected chi connectivity index (χ2v) is 4.90. The summed E-state index contributed by atoms with van der Waals surface area (Å²) < 4.78 is 10.6. The van der Waals surface area contributed by atoms with Crippen molar-refractivity contribution < 1.29 is 19.4 Å². The lowest BCUT2D eigenvalue weighted by molar-refractivity contribution is -0.119. The van der Waals surface area contributed by atoms with Gasteiger partial charge in [0.25, 0.3) is 0 Å². The molecule has 1 amide bonds. The Morgan fingerprint density at radius 2 is 1.95 bits per heavy atom. The Hall–Kier alpha value is -1.95. The van der Waals surface area contributed by atoms with Gasteiger partial charge in [-0.25, -0.2) is 0 Å². The smallest absolute Gasteiger partial charge is 0.249 e. The number of methoxy groups -OCH3 is 2. The molecule has 6 nitrogen and oxygen atoms in total. The molecule has 1 heterocycles. The number of carbonyl (C=O) groups is 1. The Morgan fingerprint density at radius 1 is 1.29 bits per heavy atom. The predicted molar refractivity (Wildman–Crippen MR) is 81.3 cm³/mol. The molecule has 1 atom stereocenters. The van der Waals surface area contributed by atoms with Gasteiger partial charge in [0.2, 0.25) is 5.91 Å². The Labute approximate surface area is 124 Å². The number of amides is 1. The molecule has 0 spiro atoms. The standard InChI is InChI=1S/C15H22N2O4/c1-4-10-15(19)17(6-5-7-18)12-9-14(21-3)13(20-2)8-11(12)16-10/h8-10,16,18H,4-7H2,1-3H3. The highest BCUT2D eigenvalue weighted by atomic mass is 16.5. The Kier molecular flexibility index (Phi) is 4.90. The number of rotatable bonds is 6. The quantitative estimate of drug-likeness (QED) is 0.834. The minimum Gasteiger partial charge on any atom is -0.493 e. The van der Waals surface area contributed by atoms with Crippen LogP contribution in [0.2, 0.25) is 0 Å². The number of benzene rings is 1. The molecule has 2 N–H and O–H groups in total. The van der Waals surface area contributed by atoms with E-state index in [1.54, 1.807) is 25.2 Å². The topological polar surface area (TPSA) is 71.0 Å². The van der Waals surface area contributed by atoms with E-state index < -0.39 is 0 Å².